The van der Waals surface area contributed by atoms with E-state index in [1.54, 1.807) is 12.1 Å². The van der Waals surface area contributed by atoms with E-state index in [0.717, 1.165) is 24.8 Å². The predicted molar refractivity (Wildman–Crippen MR) is 61.5 cm³/mol. The van der Waals surface area contributed by atoms with Gasteiger partial charge in [-0.1, -0.05) is 12.1 Å². The van der Waals surface area contributed by atoms with Gasteiger partial charge in [-0.25, -0.2) is 8.42 Å². The predicted octanol–water partition coefficient (Wildman–Crippen LogP) is 1.37. The van der Waals surface area contributed by atoms with Crippen molar-refractivity contribution in [2.24, 2.45) is 5.73 Å². The van der Waals surface area contributed by atoms with E-state index in [9.17, 15) is 8.42 Å². The van der Waals surface area contributed by atoms with Crippen molar-refractivity contribution in [3.63, 3.8) is 0 Å². The van der Waals surface area contributed by atoms with Crippen LogP contribution in [0.2, 0.25) is 0 Å². The fraction of sp³-hybridized carbons (Fsp3) is 0.455. The molecule has 0 aliphatic carbocycles. The maximum absolute atomic E-state index is 11.2. The highest BCUT2D eigenvalue weighted by molar-refractivity contribution is 7.90. The number of hydrogen-bond acceptors (Lipinski definition) is 3. The fourth-order valence-corrected chi connectivity index (χ4v) is 2.01. The van der Waals surface area contributed by atoms with Gasteiger partial charge in [0.2, 0.25) is 0 Å². The van der Waals surface area contributed by atoms with Crippen molar-refractivity contribution in [2.75, 3.05) is 12.8 Å². The normalized spacial score (nSPS) is 11.6. The second kappa shape index (κ2) is 5.28. The number of benzene rings is 1. The molecule has 15 heavy (non-hydrogen) atoms. The molecular weight excluding hydrogens is 210 g/mol. The Morgan fingerprint density at radius 3 is 2.20 bits per heavy atom. The van der Waals surface area contributed by atoms with Crippen molar-refractivity contribution in [1.82, 2.24) is 0 Å². The lowest BCUT2D eigenvalue weighted by Gasteiger charge is -2.02. The topological polar surface area (TPSA) is 60.2 Å². The molecule has 0 saturated carbocycles. The molecule has 0 aliphatic heterocycles. The van der Waals surface area contributed by atoms with E-state index in [-0.39, 0.29) is 0 Å². The van der Waals surface area contributed by atoms with Crippen LogP contribution in [0.1, 0.15) is 18.4 Å². The molecular formula is C11H17NO2S. The van der Waals surface area contributed by atoms with E-state index in [4.69, 9.17) is 5.73 Å². The highest BCUT2D eigenvalue weighted by atomic mass is 32.2. The Morgan fingerprint density at radius 1 is 1.13 bits per heavy atom. The minimum atomic E-state index is -3.06. The SMILES string of the molecule is CS(=O)(=O)c1ccc(CCCCN)cc1. The van der Waals surface area contributed by atoms with Crippen LogP contribution in [0, 0.1) is 0 Å². The number of nitrogens with two attached hydrogens (primary N) is 1. The molecule has 0 fully saturated rings. The molecule has 0 heterocycles. The molecule has 1 rings (SSSR count). The lowest BCUT2D eigenvalue weighted by Crippen LogP contribution is -1.99. The van der Waals surface area contributed by atoms with Crippen LogP contribution in [0.25, 0.3) is 0 Å². The van der Waals surface area contributed by atoms with Gasteiger partial charge in [-0.2, -0.15) is 0 Å². The Kier molecular flexibility index (Phi) is 4.29. The number of aryl methyl sites for hydroxylation is 1. The monoisotopic (exact) mass is 227 g/mol. The van der Waals surface area contributed by atoms with Gasteiger partial charge in [0.1, 0.15) is 0 Å². The van der Waals surface area contributed by atoms with Crippen LogP contribution < -0.4 is 5.73 Å². The second-order valence-corrected chi connectivity index (χ2v) is 5.68. The van der Waals surface area contributed by atoms with Crippen molar-refractivity contribution in [2.45, 2.75) is 24.2 Å². The third kappa shape index (κ3) is 4.01. The van der Waals surface area contributed by atoms with Crippen LogP contribution in [-0.2, 0) is 16.3 Å². The van der Waals surface area contributed by atoms with Gasteiger partial charge in [0.15, 0.2) is 9.84 Å². The molecule has 1 aromatic carbocycles. The average Bonchev–Trinajstić information content (AvgIpc) is 2.18. The Hall–Kier alpha value is -0.870. The maximum atomic E-state index is 11.2. The van der Waals surface area contributed by atoms with E-state index in [0.29, 0.717) is 11.4 Å². The molecule has 3 nitrogen and oxygen atoms in total. The Labute approximate surface area is 91.2 Å². The lowest BCUT2D eigenvalue weighted by atomic mass is 10.1. The number of rotatable bonds is 5. The molecule has 4 heteroatoms. The molecule has 0 unspecified atom stereocenters. The standard InChI is InChI=1S/C11H17NO2S/c1-15(13,14)11-7-5-10(6-8-11)4-2-3-9-12/h5-8H,2-4,9,12H2,1H3. The average molecular weight is 227 g/mol. The molecule has 0 saturated heterocycles. The van der Waals surface area contributed by atoms with Crippen molar-refractivity contribution in [1.29, 1.82) is 0 Å². The molecule has 0 radical (unpaired) electrons. The third-order valence-electron chi connectivity index (χ3n) is 2.27. The molecule has 84 valence electrons. The molecule has 0 aromatic heterocycles. The summed E-state index contributed by atoms with van der Waals surface area (Å²) in [7, 11) is -3.06. The first-order valence-electron chi connectivity index (χ1n) is 5.03. The first-order chi connectivity index (χ1) is 7.04. The highest BCUT2D eigenvalue weighted by Gasteiger charge is 2.05. The van der Waals surface area contributed by atoms with E-state index in [1.807, 2.05) is 12.1 Å². The zero-order chi connectivity index (χ0) is 11.3. The minimum Gasteiger partial charge on any atom is -0.330 e. The number of hydrogen-bond donors (Lipinski definition) is 1. The maximum Gasteiger partial charge on any atom is 0.175 e. The molecule has 0 aliphatic rings. The van der Waals surface area contributed by atoms with Gasteiger partial charge in [-0.3, -0.25) is 0 Å². The van der Waals surface area contributed by atoms with Gasteiger partial charge >= 0.3 is 0 Å². The first-order valence-corrected chi connectivity index (χ1v) is 6.92. The zero-order valence-corrected chi connectivity index (χ0v) is 9.76. The summed E-state index contributed by atoms with van der Waals surface area (Å²) < 4.78 is 22.4. The van der Waals surface area contributed by atoms with Crippen LogP contribution in [0.4, 0.5) is 0 Å². The summed E-state index contributed by atoms with van der Waals surface area (Å²) >= 11 is 0. The number of sulfone groups is 1. The molecule has 0 amide bonds. The summed E-state index contributed by atoms with van der Waals surface area (Å²) in [5.74, 6) is 0. The zero-order valence-electron chi connectivity index (χ0n) is 8.94. The summed E-state index contributed by atoms with van der Waals surface area (Å²) in [6.07, 6.45) is 4.24. The van der Waals surface area contributed by atoms with E-state index >= 15 is 0 Å². The van der Waals surface area contributed by atoms with Crippen LogP contribution >= 0.6 is 0 Å². The summed E-state index contributed by atoms with van der Waals surface area (Å²) in [5, 5.41) is 0. The Balaban J connectivity index is 2.65. The van der Waals surface area contributed by atoms with Gasteiger partial charge in [-0.05, 0) is 43.5 Å². The quantitative estimate of drug-likeness (QED) is 0.773. The first kappa shape index (κ1) is 12.2. The fourth-order valence-electron chi connectivity index (χ4n) is 1.38. The van der Waals surface area contributed by atoms with Crippen LogP contribution in [0.15, 0.2) is 29.2 Å². The van der Waals surface area contributed by atoms with Gasteiger partial charge in [0.25, 0.3) is 0 Å². The van der Waals surface area contributed by atoms with Crippen molar-refractivity contribution < 1.29 is 8.42 Å². The van der Waals surface area contributed by atoms with Gasteiger partial charge in [0.05, 0.1) is 4.90 Å². The molecule has 1 aromatic rings. The van der Waals surface area contributed by atoms with Gasteiger partial charge in [-0.15, -0.1) is 0 Å². The summed E-state index contributed by atoms with van der Waals surface area (Å²) in [5.41, 5.74) is 6.56. The molecule has 0 spiro atoms. The molecule has 2 N–H and O–H groups in total. The summed E-state index contributed by atoms with van der Waals surface area (Å²) in [6, 6.07) is 7.06. The van der Waals surface area contributed by atoms with Crippen LogP contribution in [0.5, 0.6) is 0 Å². The minimum absolute atomic E-state index is 0.380. The van der Waals surface area contributed by atoms with E-state index < -0.39 is 9.84 Å². The Morgan fingerprint density at radius 2 is 1.73 bits per heavy atom. The lowest BCUT2D eigenvalue weighted by molar-refractivity contribution is 0.602. The van der Waals surface area contributed by atoms with Gasteiger partial charge < -0.3 is 5.73 Å². The molecule has 0 atom stereocenters. The smallest absolute Gasteiger partial charge is 0.175 e. The summed E-state index contributed by atoms with van der Waals surface area (Å²) in [4.78, 5) is 0.380. The van der Waals surface area contributed by atoms with E-state index in [1.165, 1.54) is 6.26 Å². The number of unbranched alkanes of at least 4 members (excludes halogenated alkanes) is 1. The van der Waals surface area contributed by atoms with Crippen molar-refractivity contribution >= 4 is 9.84 Å². The highest BCUT2D eigenvalue weighted by Crippen LogP contribution is 2.11. The van der Waals surface area contributed by atoms with Gasteiger partial charge in [0, 0.05) is 6.26 Å². The summed E-state index contributed by atoms with van der Waals surface area (Å²) in [6.45, 7) is 0.710. The third-order valence-corrected chi connectivity index (χ3v) is 3.40. The van der Waals surface area contributed by atoms with Crippen molar-refractivity contribution in [3.8, 4) is 0 Å². The second-order valence-electron chi connectivity index (χ2n) is 3.66. The van der Waals surface area contributed by atoms with Crippen LogP contribution in [-0.4, -0.2) is 21.2 Å². The van der Waals surface area contributed by atoms with Crippen LogP contribution in [0.3, 0.4) is 0 Å². The largest absolute Gasteiger partial charge is 0.330 e. The Bertz CT molecular complexity index is 395. The van der Waals surface area contributed by atoms with E-state index in [2.05, 4.69) is 0 Å². The molecule has 0 bridgehead atoms. The van der Waals surface area contributed by atoms with Crippen molar-refractivity contribution in [3.05, 3.63) is 29.8 Å².